The Labute approximate surface area is 97.1 Å². The molecule has 3 nitrogen and oxygen atoms in total. The fourth-order valence-corrected chi connectivity index (χ4v) is 1.59. The molecule has 0 spiro atoms. The van der Waals surface area contributed by atoms with E-state index in [1.165, 1.54) is 12.4 Å². The van der Waals surface area contributed by atoms with E-state index in [2.05, 4.69) is 9.97 Å². The third-order valence-electron chi connectivity index (χ3n) is 2.19. The maximum atomic E-state index is 13.6. The number of nitrogen functional groups attached to an aromatic ring is 1. The number of hydrogen-bond acceptors (Lipinski definition) is 3. The molecule has 0 radical (unpaired) electrons. The van der Waals surface area contributed by atoms with Gasteiger partial charge in [0.05, 0.1) is 5.69 Å². The molecule has 0 bridgehead atoms. The van der Waals surface area contributed by atoms with Gasteiger partial charge < -0.3 is 5.73 Å². The highest BCUT2D eigenvalue weighted by atomic mass is 35.5. The van der Waals surface area contributed by atoms with Crippen molar-refractivity contribution in [3.05, 3.63) is 40.9 Å². The SMILES string of the molecule is Cc1ccc(F)c(-c2ncnc(N)c2Cl)c1. The molecule has 2 N–H and O–H groups in total. The van der Waals surface area contributed by atoms with Crippen LogP contribution in [0, 0.1) is 12.7 Å². The topological polar surface area (TPSA) is 51.8 Å². The minimum absolute atomic E-state index is 0.146. The fourth-order valence-electron chi connectivity index (χ4n) is 1.39. The second kappa shape index (κ2) is 4.06. The van der Waals surface area contributed by atoms with E-state index in [0.29, 0.717) is 11.3 Å². The number of aromatic nitrogens is 2. The smallest absolute Gasteiger partial charge is 0.146 e. The van der Waals surface area contributed by atoms with E-state index in [9.17, 15) is 4.39 Å². The van der Waals surface area contributed by atoms with Crippen molar-refractivity contribution in [2.45, 2.75) is 6.92 Å². The Balaban J connectivity index is 2.67. The number of anilines is 1. The minimum Gasteiger partial charge on any atom is -0.382 e. The van der Waals surface area contributed by atoms with Crippen molar-refractivity contribution in [3.63, 3.8) is 0 Å². The van der Waals surface area contributed by atoms with Crippen LogP contribution in [0.2, 0.25) is 5.02 Å². The number of nitrogens with zero attached hydrogens (tertiary/aromatic N) is 2. The molecule has 1 aromatic heterocycles. The van der Waals surface area contributed by atoms with Gasteiger partial charge in [-0.15, -0.1) is 0 Å². The average Bonchev–Trinajstić information content (AvgIpc) is 2.26. The molecule has 0 aliphatic heterocycles. The summed E-state index contributed by atoms with van der Waals surface area (Å²) in [5, 5.41) is 0.173. The molecule has 0 aliphatic carbocycles. The van der Waals surface area contributed by atoms with Gasteiger partial charge in [0.2, 0.25) is 0 Å². The van der Waals surface area contributed by atoms with Gasteiger partial charge in [0.1, 0.15) is 23.0 Å². The second-order valence-electron chi connectivity index (χ2n) is 3.40. The van der Waals surface area contributed by atoms with Crippen molar-refractivity contribution < 1.29 is 4.39 Å². The maximum Gasteiger partial charge on any atom is 0.146 e. The van der Waals surface area contributed by atoms with Gasteiger partial charge in [0.25, 0.3) is 0 Å². The molecule has 5 heteroatoms. The predicted octanol–water partition coefficient (Wildman–Crippen LogP) is 2.83. The Morgan fingerprint density at radius 1 is 1.31 bits per heavy atom. The van der Waals surface area contributed by atoms with Crippen molar-refractivity contribution in [2.75, 3.05) is 5.73 Å². The summed E-state index contributed by atoms with van der Waals surface area (Å²) in [4.78, 5) is 7.68. The lowest BCUT2D eigenvalue weighted by Gasteiger charge is -2.06. The molecule has 0 saturated carbocycles. The summed E-state index contributed by atoms with van der Waals surface area (Å²) in [6, 6.07) is 4.72. The van der Waals surface area contributed by atoms with Crippen LogP contribution in [-0.2, 0) is 0 Å². The fraction of sp³-hybridized carbons (Fsp3) is 0.0909. The molecule has 16 heavy (non-hydrogen) atoms. The first-order chi connectivity index (χ1) is 7.59. The second-order valence-corrected chi connectivity index (χ2v) is 3.78. The zero-order chi connectivity index (χ0) is 11.7. The summed E-state index contributed by atoms with van der Waals surface area (Å²) >= 11 is 5.94. The van der Waals surface area contributed by atoms with Crippen molar-refractivity contribution >= 4 is 17.4 Å². The van der Waals surface area contributed by atoms with E-state index in [4.69, 9.17) is 17.3 Å². The quantitative estimate of drug-likeness (QED) is 0.830. The summed E-state index contributed by atoms with van der Waals surface area (Å²) in [6.45, 7) is 1.86. The van der Waals surface area contributed by atoms with Crippen molar-refractivity contribution in [2.24, 2.45) is 0 Å². The number of hydrogen-bond donors (Lipinski definition) is 1. The molecule has 1 heterocycles. The van der Waals surface area contributed by atoms with Gasteiger partial charge in [0, 0.05) is 5.56 Å². The van der Waals surface area contributed by atoms with E-state index in [1.54, 1.807) is 12.1 Å². The molecule has 0 atom stereocenters. The highest BCUT2D eigenvalue weighted by molar-refractivity contribution is 6.35. The summed E-state index contributed by atoms with van der Waals surface area (Å²) < 4.78 is 13.6. The van der Waals surface area contributed by atoms with Crippen molar-refractivity contribution in [3.8, 4) is 11.3 Å². The first-order valence-electron chi connectivity index (χ1n) is 4.62. The Kier molecular flexibility index (Phi) is 2.75. The van der Waals surface area contributed by atoms with Gasteiger partial charge in [0.15, 0.2) is 0 Å². The van der Waals surface area contributed by atoms with Gasteiger partial charge in [-0.2, -0.15) is 0 Å². The van der Waals surface area contributed by atoms with Gasteiger partial charge in [-0.05, 0) is 19.1 Å². The van der Waals surface area contributed by atoms with Crippen LogP contribution in [-0.4, -0.2) is 9.97 Å². The summed E-state index contributed by atoms with van der Waals surface area (Å²) in [5.74, 6) is -0.238. The van der Waals surface area contributed by atoms with Crippen LogP contribution in [0.1, 0.15) is 5.56 Å². The summed E-state index contributed by atoms with van der Waals surface area (Å²) in [5.41, 5.74) is 7.11. The number of rotatable bonds is 1. The molecule has 0 unspecified atom stereocenters. The molecule has 82 valence electrons. The first-order valence-corrected chi connectivity index (χ1v) is 5.00. The molecular weight excluding hydrogens is 229 g/mol. The Morgan fingerprint density at radius 3 is 2.81 bits per heavy atom. The van der Waals surface area contributed by atoms with Crippen LogP contribution < -0.4 is 5.73 Å². The lowest BCUT2D eigenvalue weighted by molar-refractivity contribution is 0.630. The van der Waals surface area contributed by atoms with Crippen LogP contribution in [0.25, 0.3) is 11.3 Å². The van der Waals surface area contributed by atoms with Gasteiger partial charge >= 0.3 is 0 Å². The number of halogens is 2. The summed E-state index contributed by atoms with van der Waals surface area (Å²) in [7, 11) is 0. The zero-order valence-electron chi connectivity index (χ0n) is 8.54. The van der Waals surface area contributed by atoms with E-state index in [0.717, 1.165) is 5.56 Å². The van der Waals surface area contributed by atoms with Crippen LogP contribution in [0.5, 0.6) is 0 Å². The molecule has 2 rings (SSSR count). The molecule has 0 fully saturated rings. The lowest BCUT2D eigenvalue weighted by atomic mass is 10.1. The van der Waals surface area contributed by atoms with Crippen LogP contribution in [0.3, 0.4) is 0 Å². The highest BCUT2D eigenvalue weighted by Crippen LogP contribution is 2.30. The third-order valence-corrected chi connectivity index (χ3v) is 2.57. The van der Waals surface area contributed by atoms with Gasteiger partial charge in [-0.25, -0.2) is 14.4 Å². The standard InChI is InChI=1S/C11H9ClFN3/c1-6-2-3-8(13)7(4-6)10-9(12)11(14)16-5-15-10/h2-5H,1H3,(H2,14,15,16). The number of nitrogens with two attached hydrogens (primary N) is 1. The minimum atomic E-state index is -0.384. The maximum absolute atomic E-state index is 13.6. The largest absolute Gasteiger partial charge is 0.382 e. The van der Waals surface area contributed by atoms with E-state index in [-0.39, 0.29) is 16.7 Å². The Bertz CT molecular complexity index is 543. The number of aryl methyl sites for hydroxylation is 1. The average molecular weight is 238 g/mol. The Hall–Kier alpha value is -1.68. The van der Waals surface area contributed by atoms with Crippen molar-refractivity contribution in [1.29, 1.82) is 0 Å². The molecule has 1 aromatic carbocycles. The lowest BCUT2D eigenvalue weighted by Crippen LogP contribution is -1.97. The molecule has 2 aromatic rings. The molecule has 0 aliphatic rings. The summed E-state index contributed by atoms with van der Waals surface area (Å²) in [6.07, 6.45) is 1.26. The van der Waals surface area contributed by atoms with Crippen molar-refractivity contribution in [1.82, 2.24) is 9.97 Å². The van der Waals surface area contributed by atoms with Crippen LogP contribution in [0.4, 0.5) is 10.2 Å². The monoisotopic (exact) mass is 237 g/mol. The molecule has 0 saturated heterocycles. The van der Waals surface area contributed by atoms with E-state index < -0.39 is 0 Å². The number of benzene rings is 1. The molecular formula is C11H9ClFN3. The van der Waals surface area contributed by atoms with Crippen LogP contribution >= 0.6 is 11.6 Å². The van der Waals surface area contributed by atoms with E-state index in [1.807, 2.05) is 6.92 Å². The Morgan fingerprint density at radius 2 is 2.06 bits per heavy atom. The normalized spacial score (nSPS) is 10.4. The third kappa shape index (κ3) is 1.84. The van der Waals surface area contributed by atoms with Gasteiger partial charge in [-0.1, -0.05) is 23.2 Å². The first kappa shape index (κ1) is 10.8. The zero-order valence-corrected chi connectivity index (χ0v) is 9.29. The van der Waals surface area contributed by atoms with E-state index >= 15 is 0 Å². The predicted molar refractivity (Wildman–Crippen MR) is 61.6 cm³/mol. The molecule has 0 amide bonds. The highest BCUT2D eigenvalue weighted by Gasteiger charge is 2.13. The van der Waals surface area contributed by atoms with Crippen LogP contribution in [0.15, 0.2) is 24.5 Å². The van der Waals surface area contributed by atoms with Gasteiger partial charge in [-0.3, -0.25) is 0 Å².